The van der Waals surface area contributed by atoms with Gasteiger partial charge in [0.25, 0.3) is 0 Å². The number of benzene rings is 1. The molecule has 2 atom stereocenters. The van der Waals surface area contributed by atoms with Gasteiger partial charge in [-0.05, 0) is 32.4 Å². The van der Waals surface area contributed by atoms with Gasteiger partial charge >= 0.3 is 0 Å². The topological polar surface area (TPSA) is 81.3 Å². The molecule has 1 heterocycles. The third-order valence-electron chi connectivity index (χ3n) is 5.09. The molecule has 1 aromatic carbocycles. The van der Waals surface area contributed by atoms with Gasteiger partial charge in [-0.25, -0.2) is 0 Å². The Labute approximate surface area is 183 Å². The summed E-state index contributed by atoms with van der Waals surface area (Å²) < 4.78 is 2.18. The molecule has 0 unspecified atom stereocenters. The summed E-state index contributed by atoms with van der Waals surface area (Å²) in [6.45, 7) is 8.55. The van der Waals surface area contributed by atoms with Crippen LogP contribution in [0.25, 0.3) is 0 Å². The van der Waals surface area contributed by atoms with Gasteiger partial charge in [0.1, 0.15) is 6.04 Å². The molecule has 0 aliphatic heterocycles. The van der Waals surface area contributed by atoms with Gasteiger partial charge in [-0.2, -0.15) is 0 Å². The Morgan fingerprint density at radius 2 is 1.97 bits per heavy atom. The molecule has 2 N–H and O–H groups in total. The maximum atomic E-state index is 12.7. The van der Waals surface area contributed by atoms with Crippen LogP contribution >= 0.6 is 11.8 Å². The molecule has 0 saturated heterocycles. The number of amides is 1. The number of thioether (sulfide) groups is 1. The van der Waals surface area contributed by atoms with Crippen molar-refractivity contribution < 1.29 is 14.5 Å². The van der Waals surface area contributed by atoms with Crippen molar-refractivity contribution in [1.82, 2.24) is 14.8 Å². The van der Waals surface area contributed by atoms with Crippen LogP contribution in [-0.2, 0) is 11.3 Å². The van der Waals surface area contributed by atoms with Crippen LogP contribution in [0.5, 0.6) is 0 Å². The van der Waals surface area contributed by atoms with Crippen LogP contribution in [0, 0.1) is 0 Å². The third kappa shape index (κ3) is 6.15. The van der Waals surface area contributed by atoms with Crippen molar-refractivity contribution in [3.63, 3.8) is 0 Å². The van der Waals surface area contributed by atoms with Crippen LogP contribution in [0.4, 0.5) is 5.69 Å². The van der Waals surface area contributed by atoms with Gasteiger partial charge in [-0.3, -0.25) is 9.59 Å². The van der Waals surface area contributed by atoms with Gasteiger partial charge < -0.3 is 14.8 Å². The molecule has 0 aliphatic carbocycles. The summed E-state index contributed by atoms with van der Waals surface area (Å²) in [4.78, 5) is 25.6. The number of hydrogen-bond acceptors (Lipinski definition) is 5. The fourth-order valence-corrected chi connectivity index (χ4v) is 4.17. The van der Waals surface area contributed by atoms with Crippen molar-refractivity contribution in [2.75, 3.05) is 19.4 Å². The fraction of sp³-hybridized carbons (Fsp3) is 0.545. The van der Waals surface area contributed by atoms with E-state index >= 15 is 0 Å². The average molecular weight is 433 g/mol. The highest BCUT2D eigenvalue weighted by Gasteiger charge is 2.26. The highest BCUT2D eigenvalue weighted by atomic mass is 32.2. The van der Waals surface area contributed by atoms with Gasteiger partial charge in [-0.1, -0.05) is 44.2 Å². The summed E-state index contributed by atoms with van der Waals surface area (Å²) in [7, 11) is 4.26. The van der Waals surface area contributed by atoms with Crippen LogP contribution in [0.15, 0.2) is 29.4 Å². The van der Waals surface area contributed by atoms with E-state index in [1.54, 1.807) is 24.3 Å². The standard InChI is InChI=1S/C22H33N5O2S/c1-7-9-13-27-20(19(8-2)26(5)6)24-25-22(27)30-16(4)21(29)23-18-12-10-11-17(14-18)15(3)28/h10-12,14,16,19H,7-9,13H2,1-6H3,(H,23,29)/p+1/t16-,19-/m0/s1. The smallest absolute Gasteiger partial charge is 0.237 e. The number of carbonyl (C=O) groups excluding carboxylic acids is 2. The molecule has 2 rings (SSSR count). The number of nitrogens with one attached hydrogen (secondary N) is 2. The van der Waals surface area contributed by atoms with Gasteiger partial charge in [0.15, 0.2) is 16.8 Å². The predicted octanol–water partition coefficient (Wildman–Crippen LogP) is 3.00. The number of aromatic nitrogens is 3. The Morgan fingerprint density at radius 3 is 2.57 bits per heavy atom. The van der Waals surface area contributed by atoms with Crippen LogP contribution < -0.4 is 10.2 Å². The normalized spacial score (nSPS) is 13.3. The molecule has 0 spiro atoms. The van der Waals surface area contributed by atoms with E-state index in [9.17, 15) is 9.59 Å². The molecular formula is C22H34N5O2S+. The molecular weight excluding hydrogens is 398 g/mol. The summed E-state index contributed by atoms with van der Waals surface area (Å²) in [5.41, 5.74) is 1.20. The molecule has 1 amide bonds. The molecule has 0 aliphatic rings. The molecule has 7 nitrogen and oxygen atoms in total. The van der Waals surface area contributed by atoms with Crippen molar-refractivity contribution in [3.8, 4) is 0 Å². The quantitative estimate of drug-likeness (QED) is 0.421. The minimum Gasteiger partial charge on any atom is -0.331 e. The Balaban J connectivity index is 2.17. The molecule has 8 heteroatoms. The van der Waals surface area contributed by atoms with Gasteiger partial charge in [-0.15, -0.1) is 10.2 Å². The Bertz CT molecular complexity index is 865. The van der Waals surface area contributed by atoms with Crippen LogP contribution in [0.2, 0.25) is 0 Å². The Morgan fingerprint density at radius 1 is 1.23 bits per heavy atom. The van der Waals surface area contributed by atoms with Crippen LogP contribution in [0.1, 0.15) is 69.2 Å². The summed E-state index contributed by atoms with van der Waals surface area (Å²) in [5.74, 6) is 0.825. The lowest BCUT2D eigenvalue weighted by Crippen LogP contribution is -3.06. The molecule has 1 aromatic heterocycles. The molecule has 30 heavy (non-hydrogen) atoms. The number of Topliss-reactive ketones (excluding diaryl/α,β-unsaturated/α-hetero) is 1. The first-order valence-corrected chi connectivity index (χ1v) is 11.5. The lowest BCUT2D eigenvalue weighted by Gasteiger charge is -2.20. The lowest BCUT2D eigenvalue weighted by atomic mass is 10.1. The second-order valence-electron chi connectivity index (χ2n) is 7.77. The van der Waals surface area contributed by atoms with Crippen LogP contribution in [-0.4, -0.2) is 45.8 Å². The number of carbonyl (C=O) groups is 2. The lowest BCUT2D eigenvalue weighted by molar-refractivity contribution is -0.893. The summed E-state index contributed by atoms with van der Waals surface area (Å²) in [6, 6.07) is 7.26. The van der Waals surface area contributed by atoms with E-state index in [2.05, 4.69) is 48.0 Å². The second-order valence-corrected chi connectivity index (χ2v) is 9.08. The van der Waals surface area contributed by atoms with E-state index in [4.69, 9.17) is 0 Å². The maximum Gasteiger partial charge on any atom is 0.237 e. The van der Waals surface area contributed by atoms with Gasteiger partial charge in [0.05, 0.1) is 19.3 Å². The zero-order valence-corrected chi connectivity index (χ0v) is 19.7. The third-order valence-corrected chi connectivity index (χ3v) is 6.17. The number of ketones is 1. The number of quaternary nitrogens is 1. The summed E-state index contributed by atoms with van der Waals surface area (Å²) >= 11 is 1.42. The van der Waals surface area contributed by atoms with Crippen molar-refractivity contribution in [1.29, 1.82) is 0 Å². The van der Waals surface area contributed by atoms with Crippen LogP contribution in [0.3, 0.4) is 0 Å². The first kappa shape index (κ1) is 24.1. The SMILES string of the molecule is CCCCn1c(S[C@@H](C)C(=O)Nc2cccc(C(C)=O)c2)nnc1[C@H](CC)[NH+](C)C. The minimum atomic E-state index is -0.352. The fourth-order valence-electron chi connectivity index (χ4n) is 3.29. The zero-order valence-electron chi connectivity index (χ0n) is 18.9. The zero-order chi connectivity index (χ0) is 22.3. The monoisotopic (exact) mass is 432 g/mol. The molecule has 164 valence electrons. The van der Waals surface area contributed by atoms with E-state index in [0.717, 1.165) is 36.8 Å². The number of anilines is 1. The molecule has 0 bridgehead atoms. The van der Waals surface area contributed by atoms with E-state index < -0.39 is 0 Å². The maximum absolute atomic E-state index is 12.7. The number of unbranched alkanes of at least 4 members (excludes halogenated alkanes) is 1. The number of rotatable bonds is 11. The number of nitrogens with zero attached hydrogens (tertiary/aromatic N) is 3. The van der Waals surface area contributed by atoms with Crippen molar-refractivity contribution in [2.45, 2.75) is 70.0 Å². The Kier molecular flexibility index (Phi) is 9.05. The average Bonchev–Trinajstić information content (AvgIpc) is 3.08. The molecule has 0 fully saturated rings. The minimum absolute atomic E-state index is 0.0291. The highest BCUT2D eigenvalue weighted by molar-refractivity contribution is 8.00. The van der Waals surface area contributed by atoms with Crippen molar-refractivity contribution >= 4 is 29.1 Å². The first-order valence-electron chi connectivity index (χ1n) is 10.6. The largest absolute Gasteiger partial charge is 0.331 e. The summed E-state index contributed by atoms with van der Waals surface area (Å²) in [5, 5.41) is 12.2. The van der Waals surface area contributed by atoms with Gasteiger partial charge in [0, 0.05) is 24.2 Å². The Hall–Kier alpha value is -2.19. The molecule has 2 aromatic rings. The molecule has 0 radical (unpaired) electrons. The van der Waals surface area contributed by atoms with Crippen molar-refractivity contribution in [3.05, 3.63) is 35.7 Å². The predicted molar refractivity (Wildman–Crippen MR) is 121 cm³/mol. The highest BCUT2D eigenvalue weighted by Crippen LogP contribution is 2.26. The van der Waals surface area contributed by atoms with E-state index in [1.165, 1.54) is 23.6 Å². The number of hydrogen-bond donors (Lipinski definition) is 2. The van der Waals surface area contributed by atoms with E-state index in [0.29, 0.717) is 11.3 Å². The molecule has 0 saturated carbocycles. The van der Waals surface area contributed by atoms with Gasteiger partial charge in [0.2, 0.25) is 5.91 Å². The van der Waals surface area contributed by atoms with Crippen molar-refractivity contribution in [2.24, 2.45) is 0 Å². The van der Waals surface area contributed by atoms with E-state index in [1.807, 2.05) is 6.92 Å². The summed E-state index contributed by atoms with van der Waals surface area (Å²) in [6.07, 6.45) is 3.09. The first-order chi connectivity index (χ1) is 14.3. The van der Waals surface area contributed by atoms with E-state index in [-0.39, 0.29) is 23.0 Å². The second kappa shape index (κ2) is 11.3.